The Bertz CT molecular complexity index is 1140. The molecule has 33 heavy (non-hydrogen) atoms. The summed E-state index contributed by atoms with van der Waals surface area (Å²) in [6.45, 7) is 2.56. The van der Waals surface area contributed by atoms with Crippen LogP contribution in [0.4, 0.5) is 32.2 Å². The lowest BCUT2D eigenvalue weighted by Gasteiger charge is -2.40. The van der Waals surface area contributed by atoms with Crippen molar-refractivity contribution in [3.05, 3.63) is 53.7 Å². The molecule has 12 heteroatoms. The number of hydrogen-bond donors (Lipinski definition) is 0. The zero-order valence-corrected chi connectivity index (χ0v) is 18.4. The van der Waals surface area contributed by atoms with E-state index in [9.17, 15) is 39.6 Å². The summed E-state index contributed by atoms with van der Waals surface area (Å²) in [7, 11) is -4.28. The first-order valence-electron chi connectivity index (χ1n) is 9.80. The number of amides is 1. The SMILES string of the molecule is CC(C)([C@@H]1CCC(=O)N(c2ccc(C(F)(F)F)cn2)C1)S(=O)(=O)c1cccc(C(F)(F)F)c1. The van der Waals surface area contributed by atoms with Gasteiger partial charge in [-0.05, 0) is 56.5 Å². The predicted octanol–water partition coefficient (Wildman–Crippen LogP) is 5.11. The van der Waals surface area contributed by atoms with Gasteiger partial charge in [0.05, 0.1) is 20.8 Å². The quantitative estimate of drug-likeness (QED) is 0.554. The molecule has 1 saturated heterocycles. The molecule has 0 saturated carbocycles. The normalized spacial score (nSPS) is 18.5. The van der Waals surface area contributed by atoms with Crippen molar-refractivity contribution in [2.24, 2.45) is 5.92 Å². The van der Waals surface area contributed by atoms with Crippen LogP contribution in [0.2, 0.25) is 0 Å². The monoisotopic (exact) mass is 494 g/mol. The maximum atomic E-state index is 13.3. The number of rotatable bonds is 4. The molecule has 0 radical (unpaired) electrons. The Morgan fingerprint density at radius 1 is 0.970 bits per heavy atom. The fourth-order valence-electron chi connectivity index (χ4n) is 3.71. The summed E-state index contributed by atoms with van der Waals surface area (Å²) in [4.78, 5) is 16.7. The molecule has 1 fully saturated rings. The molecule has 0 bridgehead atoms. The molecule has 180 valence electrons. The number of nitrogens with zero attached hydrogens (tertiary/aromatic N) is 2. The van der Waals surface area contributed by atoms with E-state index in [0.29, 0.717) is 12.3 Å². The molecule has 0 spiro atoms. The molecule has 0 aliphatic carbocycles. The van der Waals surface area contributed by atoms with Crippen molar-refractivity contribution >= 4 is 21.6 Å². The van der Waals surface area contributed by atoms with Gasteiger partial charge in [0, 0.05) is 19.2 Å². The van der Waals surface area contributed by atoms with E-state index in [1.807, 2.05) is 0 Å². The Hall–Kier alpha value is -2.63. The average Bonchev–Trinajstić information content (AvgIpc) is 2.73. The molecular weight excluding hydrogens is 474 g/mol. The first-order chi connectivity index (χ1) is 15.0. The molecule has 2 aromatic rings. The van der Waals surface area contributed by atoms with Gasteiger partial charge in [-0.15, -0.1) is 0 Å². The third kappa shape index (κ3) is 4.85. The van der Waals surface area contributed by atoms with Crippen LogP contribution in [0.1, 0.15) is 37.8 Å². The fourth-order valence-corrected chi connectivity index (χ4v) is 5.49. The minimum absolute atomic E-state index is 0.0648. The van der Waals surface area contributed by atoms with Crippen molar-refractivity contribution in [1.29, 1.82) is 0 Å². The van der Waals surface area contributed by atoms with E-state index in [4.69, 9.17) is 0 Å². The van der Waals surface area contributed by atoms with E-state index in [-0.39, 0.29) is 25.2 Å². The van der Waals surface area contributed by atoms with E-state index in [2.05, 4.69) is 4.98 Å². The summed E-state index contributed by atoms with van der Waals surface area (Å²) in [5, 5.41) is 0. The summed E-state index contributed by atoms with van der Waals surface area (Å²) in [5.41, 5.74) is -2.10. The number of alkyl halides is 6. The Balaban J connectivity index is 1.91. The third-order valence-corrected chi connectivity index (χ3v) is 8.50. The molecule has 1 aromatic carbocycles. The molecule has 5 nitrogen and oxygen atoms in total. The zero-order valence-electron chi connectivity index (χ0n) is 17.5. The number of pyridine rings is 1. The molecule has 1 amide bonds. The summed E-state index contributed by atoms with van der Waals surface area (Å²) in [6, 6.07) is 5.22. The van der Waals surface area contributed by atoms with Crippen LogP contribution in [0.3, 0.4) is 0 Å². The van der Waals surface area contributed by atoms with Gasteiger partial charge >= 0.3 is 12.4 Å². The van der Waals surface area contributed by atoms with Crippen molar-refractivity contribution < 1.29 is 39.6 Å². The van der Waals surface area contributed by atoms with Crippen LogP contribution in [0.5, 0.6) is 0 Å². The Labute approximate surface area is 186 Å². The Kier molecular flexibility index (Phi) is 6.29. The number of hydrogen-bond acceptors (Lipinski definition) is 4. The summed E-state index contributed by atoms with van der Waals surface area (Å²) >= 11 is 0. The lowest BCUT2D eigenvalue weighted by molar-refractivity contribution is -0.138. The second-order valence-corrected chi connectivity index (χ2v) is 10.8. The second-order valence-electron chi connectivity index (χ2n) is 8.28. The van der Waals surface area contributed by atoms with Gasteiger partial charge in [0.15, 0.2) is 9.84 Å². The largest absolute Gasteiger partial charge is 0.417 e. The van der Waals surface area contributed by atoms with Crippen molar-refractivity contribution in [1.82, 2.24) is 4.98 Å². The van der Waals surface area contributed by atoms with Gasteiger partial charge in [0.25, 0.3) is 0 Å². The summed E-state index contributed by atoms with van der Waals surface area (Å²) in [6.07, 6.45) is -8.70. The van der Waals surface area contributed by atoms with Crippen molar-refractivity contribution in [2.45, 2.75) is 48.7 Å². The number of benzene rings is 1. The van der Waals surface area contributed by atoms with Gasteiger partial charge in [-0.3, -0.25) is 9.69 Å². The highest BCUT2D eigenvalue weighted by molar-refractivity contribution is 7.92. The molecule has 1 aliphatic rings. The number of anilines is 1. The summed E-state index contributed by atoms with van der Waals surface area (Å²) in [5.74, 6) is -1.21. The van der Waals surface area contributed by atoms with Crippen molar-refractivity contribution in [3.63, 3.8) is 0 Å². The third-order valence-electron chi connectivity index (χ3n) is 5.91. The van der Waals surface area contributed by atoms with Gasteiger partial charge in [-0.1, -0.05) is 6.07 Å². The van der Waals surface area contributed by atoms with Gasteiger partial charge in [-0.2, -0.15) is 26.3 Å². The molecule has 1 aliphatic heterocycles. The van der Waals surface area contributed by atoms with Crippen LogP contribution >= 0.6 is 0 Å². The molecular formula is C21H20F6N2O3S. The van der Waals surface area contributed by atoms with Gasteiger partial charge in [-0.25, -0.2) is 13.4 Å². The van der Waals surface area contributed by atoms with Crippen LogP contribution < -0.4 is 4.90 Å². The number of carbonyl (C=O) groups is 1. The Morgan fingerprint density at radius 3 is 2.15 bits per heavy atom. The average molecular weight is 494 g/mol. The van der Waals surface area contributed by atoms with E-state index >= 15 is 0 Å². The van der Waals surface area contributed by atoms with Crippen molar-refractivity contribution in [3.8, 4) is 0 Å². The van der Waals surface area contributed by atoms with E-state index in [1.165, 1.54) is 13.8 Å². The van der Waals surface area contributed by atoms with Crippen LogP contribution in [-0.4, -0.2) is 30.6 Å². The van der Waals surface area contributed by atoms with E-state index in [0.717, 1.165) is 35.2 Å². The highest BCUT2D eigenvalue weighted by atomic mass is 32.2. The standard InChI is InChI=1S/C21H20F6N2O3S/c1-19(2,33(31,32)16-5-3-4-13(10-16)20(22,23)24)15-7-9-18(30)29(12-15)17-8-6-14(11-28-17)21(25,26)27/h3-6,8,10-11,15H,7,9,12H2,1-2H3/t15-/m1/s1. The minimum atomic E-state index is -4.72. The fraction of sp³-hybridized carbons (Fsp3) is 0.429. The number of aromatic nitrogens is 1. The van der Waals surface area contributed by atoms with E-state index in [1.54, 1.807) is 0 Å². The first-order valence-corrected chi connectivity index (χ1v) is 11.3. The lowest BCUT2D eigenvalue weighted by Crippen LogP contribution is -2.51. The maximum Gasteiger partial charge on any atom is 0.417 e. The van der Waals surface area contributed by atoms with Gasteiger partial charge in [0.1, 0.15) is 5.82 Å². The zero-order chi connectivity index (χ0) is 24.8. The summed E-state index contributed by atoms with van der Waals surface area (Å²) < 4.78 is 103. The number of halogens is 6. The Morgan fingerprint density at radius 2 is 1.61 bits per heavy atom. The highest BCUT2D eigenvalue weighted by Gasteiger charge is 2.46. The topological polar surface area (TPSA) is 67.3 Å². The number of piperidine rings is 1. The molecule has 1 atom stereocenters. The molecule has 0 N–H and O–H groups in total. The smallest absolute Gasteiger partial charge is 0.297 e. The number of sulfone groups is 1. The molecule has 2 heterocycles. The first kappa shape index (κ1) is 25.0. The molecule has 0 unspecified atom stereocenters. The molecule has 1 aromatic heterocycles. The predicted molar refractivity (Wildman–Crippen MR) is 107 cm³/mol. The van der Waals surface area contributed by atoms with Gasteiger partial charge < -0.3 is 0 Å². The second kappa shape index (κ2) is 8.30. The number of carbonyl (C=O) groups excluding carboxylic acids is 1. The van der Waals surface area contributed by atoms with Crippen LogP contribution in [0.25, 0.3) is 0 Å². The van der Waals surface area contributed by atoms with E-state index < -0.39 is 54.8 Å². The molecule has 3 rings (SSSR count). The lowest BCUT2D eigenvalue weighted by atomic mass is 9.86. The maximum absolute atomic E-state index is 13.3. The highest BCUT2D eigenvalue weighted by Crippen LogP contribution is 2.40. The van der Waals surface area contributed by atoms with Crippen molar-refractivity contribution in [2.75, 3.05) is 11.4 Å². The minimum Gasteiger partial charge on any atom is -0.297 e. The van der Waals surface area contributed by atoms with Crippen LogP contribution in [-0.2, 0) is 27.0 Å². The van der Waals surface area contributed by atoms with Crippen LogP contribution in [0.15, 0.2) is 47.5 Å². The van der Waals surface area contributed by atoms with Gasteiger partial charge in [0.2, 0.25) is 5.91 Å². The van der Waals surface area contributed by atoms with Crippen LogP contribution in [0, 0.1) is 5.92 Å².